The third kappa shape index (κ3) is 7.94. The molecule has 0 amide bonds. The molecule has 0 rings (SSSR count). The lowest BCUT2D eigenvalue weighted by Gasteiger charge is -2.20. The molecule has 0 aliphatic carbocycles. The van der Waals surface area contributed by atoms with Crippen LogP contribution in [0.2, 0.25) is 0 Å². The van der Waals surface area contributed by atoms with Gasteiger partial charge in [-0.15, -0.1) is 0 Å². The first-order valence-electron chi connectivity index (χ1n) is 6.06. The van der Waals surface area contributed by atoms with Crippen molar-refractivity contribution in [1.82, 2.24) is 0 Å². The maximum atomic E-state index is 11.6. The number of carbonyl (C=O) groups excluding carboxylic acids is 2. The molecule has 0 aliphatic heterocycles. The monoisotopic (exact) mass is 294 g/mol. The SMILES string of the molecule is COC(=O)C(C)(C)COS(=O)(=O)CCCCC(C)=O. The molecule has 7 heteroatoms. The van der Waals surface area contributed by atoms with E-state index in [0.717, 1.165) is 0 Å². The number of carbonyl (C=O) groups is 2. The van der Waals surface area contributed by atoms with Gasteiger partial charge < -0.3 is 9.53 Å². The van der Waals surface area contributed by atoms with Crippen molar-refractivity contribution in [3.8, 4) is 0 Å². The number of hydrogen-bond donors (Lipinski definition) is 0. The van der Waals surface area contributed by atoms with Gasteiger partial charge in [-0.1, -0.05) is 0 Å². The molecule has 0 aromatic heterocycles. The van der Waals surface area contributed by atoms with Crippen molar-refractivity contribution < 1.29 is 26.9 Å². The van der Waals surface area contributed by atoms with Crippen molar-refractivity contribution in [2.24, 2.45) is 5.41 Å². The number of hydrogen-bond acceptors (Lipinski definition) is 6. The number of ether oxygens (including phenoxy) is 1. The highest BCUT2D eigenvalue weighted by Gasteiger charge is 2.31. The molecular formula is C12H22O6S. The molecule has 0 N–H and O–H groups in total. The van der Waals surface area contributed by atoms with E-state index in [1.54, 1.807) is 13.8 Å². The summed E-state index contributed by atoms with van der Waals surface area (Å²) in [5.74, 6) is -0.651. The highest BCUT2D eigenvalue weighted by Crippen LogP contribution is 2.19. The number of esters is 1. The van der Waals surface area contributed by atoms with E-state index >= 15 is 0 Å². The van der Waals surface area contributed by atoms with Crippen LogP contribution in [-0.4, -0.2) is 39.6 Å². The fraction of sp³-hybridized carbons (Fsp3) is 0.833. The van der Waals surface area contributed by atoms with Gasteiger partial charge in [0.2, 0.25) is 0 Å². The second kappa shape index (κ2) is 7.59. The number of unbranched alkanes of at least 4 members (excludes halogenated alkanes) is 1. The molecule has 0 heterocycles. The quantitative estimate of drug-likeness (QED) is 0.362. The van der Waals surface area contributed by atoms with Gasteiger partial charge in [0.15, 0.2) is 0 Å². The molecule has 0 saturated carbocycles. The van der Waals surface area contributed by atoms with Crippen LogP contribution in [0.3, 0.4) is 0 Å². The molecule has 0 unspecified atom stereocenters. The lowest BCUT2D eigenvalue weighted by molar-refractivity contribution is -0.152. The average molecular weight is 294 g/mol. The van der Waals surface area contributed by atoms with Gasteiger partial charge in [-0.3, -0.25) is 8.98 Å². The first-order chi connectivity index (χ1) is 8.60. The van der Waals surface area contributed by atoms with Crippen LogP contribution in [0.25, 0.3) is 0 Å². The van der Waals surface area contributed by atoms with E-state index in [1.165, 1.54) is 14.0 Å². The molecule has 0 aromatic rings. The second-order valence-electron chi connectivity index (χ2n) is 5.06. The molecule has 0 spiro atoms. The van der Waals surface area contributed by atoms with Gasteiger partial charge in [-0.2, -0.15) is 8.42 Å². The van der Waals surface area contributed by atoms with Gasteiger partial charge in [0.1, 0.15) is 5.78 Å². The normalized spacial score (nSPS) is 12.2. The highest BCUT2D eigenvalue weighted by atomic mass is 32.2. The zero-order valence-corrected chi connectivity index (χ0v) is 12.7. The Morgan fingerprint density at radius 2 is 1.74 bits per heavy atom. The summed E-state index contributed by atoms with van der Waals surface area (Å²) >= 11 is 0. The molecule has 19 heavy (non-hydrogen) atoms. The second-order valence-corrected chi connectivity index (χ2v) is 6.82. The van der Waals surface area contributed by atoms with Crippen LogP contribution in [0.15, 0.2) is 0 Å². The number of ketones is 1. The Morgan fingerprint density at radius 1 is 1.16 bits per heavy atom. The average Bonchev–Trinajstić information content (AvgIpc) is 2.31. The summed E-state index contributed by atoms with van der Waals surface area (Å²) in [7, 11) is -2.44. The van der Waals surface area contributed by atoms with Crippen LogP contribution in [0.1, 0.15) is 40.0 Å². The summed E-state index contributed by atoms with van der Waals surface area (Å²) in [6.45, 7) is 4.30. The topological polar surface area (TPSA) is 86.7 Å². The number of methoxy groups -OCH3 is 1. The Bertz CT molecular complexity index is 410. The Labute approximate surface area is 114 Å². The maximum absolute atomic E-state index is 11.6. The molecule has 112 valence electrons. The highest BCUT2D eigenvalue weighted by molar-refractivity contribution is 7.86. The van der Waals surface area contributed by atoms with E-state index in [-0.39, 0.29) is 18.1 Å². The Balaban J connectivity index is 4.17. The summed E-state index contributed by atoms with van der Waals surface area (Å²) < 4.78 is 32.5. The third-order valence-electron chi connectivity index (χ3n) is 2.51. The van der Waals surface area contributed by atoms with Gasteiger partial charge in [0.05, 0.1) is 24.9 Å². The van der Waals surface area contributed by atoms with Crippen molar-refractivity contribution in [2.45, 2.75) is 40.0 Å². The van der Waals surface area contributed by atoms with Crippen molar-refractivity contribution in [1.29, 1.82) is 0 Å². The van der Waals surface area contributed by atoms with Gasteiger partial charge in [0.25, 0.3) is 10.1 Å². The minimum absolute atomic E-state index is 0.0325. The molecule has 6 nitrogen and oxygen atoms in total. The molecule has 0 saturated heterocycles. The lowest BCUT2D eigenvalue weighted by atomic mass is 9.95. The maximum Gasteiger partial charge on any atom is 0.313 e. The van der Waals surface area contributed by atoms with Crippen LogP contribution < -0.4 is 0 Å². The summed E-state index contributed by atoms with van der Waals surface area (Å²) in [6.07, 6.45) is 1.24. The lowest BCUT2D eigenvalue weighted by Crippen LogP contribution is -2.32. The third-order valence-corrected chi connectivity index (χ3v) is 3.78. The summed E-state index contributed by atoms with van der Waals surface area (Å²) in [5.41, 5.74) is -1.01. The van der Waals surface area contributed by atoms with Gasteiger partial charge >= 0.3 is 5.97 Å². The molecular weight excluding hydrogens is 272 g/mol. The van der Waals surface area contributed by atoms with E-state index in [2.05, 4.69) is 4.74 Å². The minimum Gasteiger partial charge on any atom is -0.469 e. The van der Waals surface area contributed by atoms with E-state index in [0.29, 0.717) is 19.3 Å². The predicted octanol–water partition coefficient (Wildman–Crippen LogP) is 1.29. The fourth-order valence-corrected chi connectivity index (χ4v) is 2.43. The van der Waals surface area contributed by atoms with Gasteiger partial charge in [0, 0.05) is 6.42 Å². The Morgan fingerprint density at radius 3 is 2.21 bits per heavy atom. The zero-order valence-electron chi connectivity index (χ0n) is 11.9. The summed E-state index contributed by atoms with van der Waals surface area (Å²) in [4.78, 5) is 22.1. The van der Waals surface area contributed by atoms with E-state index in [1.807, 2.05) is 0 Å². The van der Waals surface area contributed by atoms with Gasteiger partial charge in [-0.25, -0.2) is 0 Å². The molecule has 0 radical (unpaired) electrons. The van der Waals surface area contributed by atoms with E-state index in [4.69, 9.17) is 4.18 Å². The Hall–Kier alpha value is -0.950. The molecule has 0 aliphatic rings. The van der Waals surface area contributed by atoms with Crippen molar-refractivity contribution in [3.63, 3.8) is 0 Å². The van der Waals surface area contributed by atoms with E-state index < -0.39 is 21.5 Å². The predicted molar refractivity (Wildman–Crippen MR) is 70.1 cm³/mol. The van der Waals surface area contributed by atoms with Crippen LogP contribution in [0.4, 0.5) is 0 Å². The van der Waals surface area contributed by atoms with Gasteiger partial charge in [-0.05, 0) is 33.6 Å². The first-order valence-corrected chi connectivity index (χ1v) is 7.63. The van der Waals surface area contributed by atoms with Crippen molar-refractivity contribution in [2.75, 3.05) is 19.5 Å². The molecule has 0 aromatic carbocycles. The van der Waals surface area contributed by atoms with Crippen LogP contribution >= 0.6 is 0 Å². The molecule has 0 atom stereocenters. The van der Waals surface area contributed by atoms with Crippen molar-refractivity contribution >= 4 is 21.9 Å². The molecule has 0 bridgehead atoms. The van der Waals surface area contributed by atoms with Crippen LogP contribution in [0.5, 0.6) is 0 Å². The minimum atomic E-state index is -3.67. The summed E-state index contributed by atoms with van der Waals surface area (Å²) in [6, 6.07) is 0. The zero-order chi connectivity index (χ0) is 15.1. The fourth-order valence-electron chi connectivity index (χ4n) is 1.28. The Kier molecular flexibility index (Phi) is 7.21. The molecule has 0 fully saturated rings. The van der Waals surface area contributed by atoms with Crippen LogP contribution in [0, 0.1) is 5.41 Å². The van der Waals surface area contributed by atoms with Crippen LogP contribution in [-0.2, 0) is 28.6 Å². The number of rotatable bonds is 9. The summed E-state index contributed by atoms with van der Waals surface area (Å²) in [5, 5.41) is 0. The van der Waals surface area contributed by atoms with Crippen molar-refractivity contribution in [3.05, 3.63) is 0 Å². The smallest absolute Gasteiger partial charge is 0.313 e. The van der Waals surface area contributed by atoms with E-state index in [9.17, 15) is 18.0 Å². The first kappa shape index (κ1) is 18.0. The largest absolute Gasteiger partial charge is 0.469 e. The standard InChI is InChI=1S/C12H22O6S/c1-10(13)7-5-6-8-19(15,16)18-9-12(2,3)11(14)17-4/h5-9H2,1-4H3. The number of Topliss-reactive ketones (excluding diaryl/α,β-unsaturated/α-hetero) is 1.